The minimum absolute atomic E-state index is 0.271. The van der Waals surface area contributed by atoms with Gasteiger partial charge in [0, 0.05) is 12.0 Å². The van der Waals surface area contributed by atoms with Gasteiger partial charge in [0.05, 0.1) is 14.2 Å². The normalized spacial score (nSPS) is 14.3. The monoisotopic (exact) mass is 210 g/mol. The van der Waals surface area contributed by atoms with E-state index in [0.717, 1.165) is 5.57 Å². The summed E-state index contributed by atoms with van der Waals surface area (Å²) < 4.78 is 9.17. The van der Waals surface area contributed by atoms with Gasteiger partial charge in [-0.25, -0.2) is 4.79 Å². The van der Waals surface area contributed by atoms with Gasteiger partial charge in [-0.05, 0) is 18.4 Å². The summed E-state index contributed by atoms with van der Waals surface area (Å²) in [5.41, 5.74) is 1.51. The molecular weight excluding hydrogens is 196 g/mol. The Balaban J connectivity index is 2.61. The van der Waals surface area contributed by atoms with Crippen LogP contribution in [0.15, 0.2) is 23.3 Å². The highest BCUT2D eigenvalue weighted by Gasteiger charge is 2.17. The average molecular weight is 210 g/mol. The van der Waals surface area contributed by atoms with E-state index in [1.807, 2.05) is 12.2 Å². The van der Waals surface area contributed by atoms with Crippen LogP contribution >= 0.6 is 0 Å². The highest BCUT2D eigenvalue weighted by molar-refractivity contribution is 5.91. The van der Waals surface area contributed by atoms with E-state index < -0.39 is 0 Å². The van der Waals surface area contributed by atoms with Crippen molar-refractivity contribution in [3.63, 3.8) is 0 Å². The molecular formula is C11H14O4. The quantitative estimate of drug-likeness (QED) is 0.657. The summed E-state index contributed by atoms with van der Waals surface area (Å²) in [7, 11) is 2.70. The maximum atomic E-state index is 11.3. The number of carbonyl (C=O) groups is 2. The molecule has 4 heteroatoms. The predicted molar refractivity (Wildman–Crippen MR) is 54.0 cm³/mol. The lowest BCUT2D eigenvalue weighted by atomic mass is 10.1. The summed E-state index contributed by atoms with van der Waals surface area (Å²) in [6.45, 7) is 0. The lowest BCUT2D eigenvalue weighted by molar-refractivity contribution is -0.140. The molecule has 4 nitrogen and oxygen atoms in total. The smallest absolute Gasteiger partial charge is 0.334 e. The number of allylic oxidation sites excluding steroid dienone is 3. The summed E-state index contributed by atoms with van der Waals surface area (Å²) in [5, 5.41) is 0. The largest absolute Gasteiger partial charge is 0.469 e. The number of methoxy groups -OCH3 is 2. The lowest BCUT2D eigenvalue weighted by Crippen LogP contribution is -2.06. The van der Waals surface area contributed by atoms with Crippen LogP contribution in [0, 0.1) is 0 Å². The minimum Gasteiger partial charge on any atom is -0.469 e. The van der Waals surface area contributed by atoms with Crippen molar-refractivity contribution in [1.82, 2.24) is 0 Å². The second-order valence-corrected chi connectivity index (χ2v) is 3.18. The van der Waals surface area contributed by atoms with E-state index in [-0.39, 0.29) is 18.4 Å². The molecule has 0 saturated carbocycles. The molecule has 0 aromatic heterocycles. The lowest BCUT2D eigenvalue weighted by Gasteiger charge is -2.04. The van der Waals surface area contributed by atoms with Gasteiger partial charge < -0.3 is 9.47 Å². The standard InChI is InChI=1S/C11H14O4/c1-14-10(12)7-6-8-4-3-5-9(8)11(13)15-2/h3-4H,5-7H2,1-2H3. The van der Waals surface area contributed by atoms with E-state index in [4.69, 9.17) is 0 Å². The minimum atomic E-state index is -0.320. The summed E-state index contributed by atoms with van der Waals surface area (Å²) in [6.07, 6.45) is 5.14. The summed E-state index contributed by atoms with van der Waals surface area (Å²) in [4.78, 5) is 22.2. The summed E-state index contributed by atoms with van der Waals surface area (Å²) in [6, 6.07) is 0. The van der Waals surface area contributed by atoms with Gasteiger partial charge in [-0.3, -0.25) is 4.79 Å². The van der Waals surface area contributed by atoms with Crippen molar-refractivity contribution < 1.29 is 19.1 Å². The predicted octanol–water partition coefficient (Wildman–Crippen LogP) is 1.37. The molecule has 0 heterocycles. The van der Waals surface area contributed by atoms with Gasteiger partial charge in [-0.1, -0.05) is 12.2 Å². The molecule has 0 aromatic carbocycles. The van der Waals surface area contributed by atoms with Crippen molar-refractivity contribution in [3.8, 4) is 0 Å². The second-order valence-electron chi connectivity index (χ2n) is 3.18. The van der Waals surface area contributed by atoms with Gasteiger partial charge in [0.1, 0.15) is 0 Å². The maximum Gasteiger partial charge on any atom is 0.334 e. The van der Waals surface area contributed by atoms with Crippen molar-refractivity contribution in [2.45, 2.75) is 19.3 Å². The molecule has 15 heavy (non-hydrogen) atoms. The van der Waals surface area contributed by atoms with Crippen LogP contribution in [0.5, 0.6) is 0 Å². The number of hydrogen-bond donors (Lipinski definition) is 0. The van der Waals surface area contributed by atoms with Crippen LogP contribution in [0.2, 0.25) is 0 Å². The van der Waals surface area contributed by atoms with Gasteiger partial charge in [0.2, 0.25) is 0 Å². The number of rotatable bonds is 4. The molecule has 1 aliphatic carbocycles. The number of esters is 2. The molecule has 1 aliphatic rings. The average Bonchev–Trinajstić information content (AvgIpc) is 2.72. The molecule has 1 rings (SSSR count). The van der Waals surface area contributed by atoms with Crippen molar-refractivity contribution in [1.29, 1.82) is 0 Å². The maximum absolute atomic E-state index is 11.3. The molecule has 0 amide bonds. The SMILES string of the molecule is COC(=O)CCC1=C(C(=O)OC)CC=C1. The van der Waals surface area contributed by atoms with E-state index in [2.05, 4.69) is 9.47 Å². The number of hydrogen-bond acceptors (Lipinski definition) is 4. The summed E-state index contributed by atoms with van der Waals surface area (Å²) in [5.74, 6) is -0.591. The number of ether oxygens (including phenoxy) is 2. The molecule has 82 valence electrons. The van der Waals surface area contributed by atoms with E-state index in [0.29, 0.717) is 18.4 Å². The van der Waals surface area contributed by atoms with Crippen LogP contribution in [-0.4, -0.2) is 26.2 Å². The van der Waals surface area contributed by atoms with Crippen LogP contribution in [-0.2, 0) is 19.1 Å². The van der Waals surface area contributed by atoms with Crippen molar-refractivity contribution in [3.05, 3.63) is 23.3 Å². The Hall–Kier alpha value is -1.58. The second kappa shape index (κ2) is 5.34. The molecule has 0 unspecified atom stereocenters. The fraction of sp³-hybridized carbons (Fsp3) is 0.455. The van der Waals surface area contributed by atoms with Gasteiger partial charge in [-0.2, -0.15) is 0 Å². The van der Waals surface area contributed by atoms with E-state index in [9.17, 15) is 9.59 Å². The Morgan fingerprint density at radius 2 is 2.07 bits per heavy atom. The molecule has 0 N–H and O–H groups in total. The Labute approximate surface area is 88.6 Å². The first-order chi connectivity index (χ1) is 7.19. The van der Waals surface area contributed by atoms with E-state index >= 15 is 0 Å². The Kier molecular flexibility index (Phi) is 4.09. The van der Waals surface area contributed by atoms with Gasteiger partial charge in [-0.15, -0.1) is 0 Å². The van der Waals surface area contributed by atoms with Crippen molar-refractivity contribution in [2.75, 3.05) is 14.2 Å². The van der Waals surface area contributed by atoms with Gasteiger partial charge >= 0.3 is 11.9 Å². The first kappa shape index (κ1) is 11.5. The zero-order valence-corrected chi connectivity index (χ0v) is 8.91. The fourth-order valence-corrected chi connectivity index (χ4v) is 1.46. The third-order valence-corrected chi connectivity index (χ3v) is 2.29. The molecule has 0 bridgehead atoms. The van der Waals surface area contributed by atoms with E-state index in [1.165, 1.54) is 14.2 Å². The van der Waals surface area contributed by atoms with Crippen LogP contribution in [0.25, 0.3) is 0 Å². The summed E-state index contributed by atoms with van der Waals surface area (Å²) >= 11 is 0. The Morgan fingerprint density at radius 3 is 2.67 bits per heavy atom. The van der Waals surface area contributed by atoms with Gasteiger partial charge in [0.15, 0.2) is 0 Å². The highest BCUT2D eigenvalue weighted by atomic mass is 16.5. The fourth-order valence-electron chi connectivity index (χ4n) is 1.46. The molecule has 0 radical (unpaired) electrons. The molecule has 0 aromatic rings. The van der Waals surface area contributed by atoms with Crippen molar-refractivity contribution >= 4 is 11.9 Å². The first-order valence-electron chi connectivity index (χ1n) is 4.72. The van der Waals surface area contributed by atoms with Crippen LogP contribution < -0.4 is 0 Å². The Morgan fingerprint density at radius 1 is 1.33 bits per heavy atom. The highest BCUT2D eigenvalue weighted by Crippen LogP contribution is 2.23. The zero-order chi connectivity index (χ0) is 11.3. The molecule has 0 aliphatic heterocycles. The van der Waals surface area contributed by atoms with Crippen molar-refractivity contribution in [2.24, 2.45) is 0 Å². The third-order valence-electron chi connectivity index (χ3n) is 2.29. The van der Waals surface area contributed by atoms with E-state index in [1.54, 1.807) is 0 Å². The first-order valence-corrected chi connectivity index (χ1v) is 4.72. The van der Waals surface area contributed by atoms with Crippen LogP contribution in [0.1, 0.15) is 19.3 Å². The third kappa shape index (κ3) is 2.94. The van der Waals surface area contributed by atoms with Crippen LogP contribution in [0.4, 0.5) is 0 Å². The molecule has 0 atom stereocenters. The van der Waals surface area contributed by atoms with Crippen LogP contribution in [0.3, 0.4) is 0 Å². The Bertz CT molecular complexity index is 325. The molecule has 0 fully saturated rings. The van der Waals surface area contributed by atoms with Gasteiger partial charge in [0.25, 0.3) is 0 Å². The zero-order valence-electron chi connectivity index (χ0n) is 8.91. The molecule has 0 saturated heterocycles. The topological polar surface area (TPSA) is 52.6 Å². The number of carbonyl (C=O) groups excluding carboxylic acids is 2. The molecule has 0 spiro atoms.